The molecule has 0 fully saturated rings. The van der Waals surface area contributed by atoms with Crippen LogP contribution in [-0.2, 0) is 4.79 Å². The summed E-state index contributed by atoms with van der Waals surface area (Å²) in [5.41, 5.74) is 0.0952. The molecule has 8 heteroatoms. The molecule has 0 bridgehead atoms. The van der Waals surface area contributed by atoms with Crippen molar-refractivity contribution in [3.8, 4) is 17.2 Å². The first kappa shape index (κ1) is 20.4. The molecule has 0 spiro atoms. The van der Waals surface area contributed by atoms with E-state index in [9.17, 15) is 23.1 Å². The van der Waals surface area contributed by atoms with Crippen LogP contribution in [0.2, 0.25) is 0 Å². The zero-order chi connectivity index (χ0) is 18.2. The Kier molecular flexibility index (Phi) is 6.05. The number of rotatable bonds is 3. The van der Waals surface area contributed by atoms with Gasteiger partial charge in [0.1, 0.15) is 17.2 Å². The van der Waals surface area contributed by atoms with Crippen molar-refractivity contribution in [3.05, 3.63) is 59.2 Å². The maximum Gasteiger partial charge on any atom is 1.00 e. The van der Waals surface area contributed by atoms with Crippen LogP contribution in [0.5, 0.6) is 17.2 Å². The van der Waals surface area contributed by atoms with Gasteiger partial charge in [0.25, 0.3) is 0 Å². The van der Waals surface area contributed by atoms with Crippen molar-refractivity contribution in [3.63, 3.8) is 0 Å². The van der Waals surface area contributed by atoms with Crippen molar-refractivity contribution in [2.24, 2.45) is 0 Å². The smallest absolute Gasteiger partial charge is 0.545 e. The molecule has 26 heavy (non-hydrogen) atoms. The molecule has 0 saturated carbocycles. The van der Waals surface area contributed by atoms with Gasteiger partial charge in [0.15, 0.2) is 0 Å². The van der Waals surface area contributed by atoms with Crippen molar-refractivity contribution < 1.29 is 62.1 Å². The van der Waals surface area contributed by atoms with Gasteiger partial charge < -0.3 is 19.4 Å². The quantitative estimate of drug-likeness (QED) is 0.725. The maximum atomic E-state index is 13.1. The molecule has 3 rings (SSSR count). The van der Waals surface area contributed by atoms with Crippen LogP contribution in [0.3, 0.4) is 0 Å². The molecule has 130 valence electrons. The van der Waals surface area contributed by atoms with Crippen molar-refractivity contribution in [1.82, 2.24) is 0 Å². The standard InChI is InChI=1S/C18H13F3O4.Na/c1-10-4-2-3-5-14(10)24-12-7-6-11-8-13(17(22)23)16(18(19,20)21)25-15(11)9-12;/h2-9,16H,1H3,(H,22,23);/q;+1/p-1. The van der Waals surface area contributed by atoms with Gasteiger partial charge >= 0.3 is 35.7 Å². The summed E-state index contributed by atoms with van der Waals surface area (Å²) >= 11 is 0. The van der Waals surface area contributed by atoms with Gasteiger partial charge in [-0.3, -0.25) is 0 Å². The first-order valence-corrected chi connectivity index (χ1v) is 7.29. The zero-order valence-electron chi connectivity index (χ0n) is 14.0. The molecular weight excluding hydrogens is 360 g/mol. The van der Waals surface area contributed by atoms with Crippen LogP contribution in [0.15, 0.2) is 48.0 Å². The molecule has 0 saturated heterocycles. The minimum atomic E-state index is -4.88. The Labute approximate surface area is 169 Å². The SMILES string of the molecule is Cc1ccccc1Oc1ccc2c(c1)OC(C(F)(F)F)C(C(=O)[O-])=C2.[Na+]. The van der Waals surface area contributed by atoms with E-state index in [1.54, 1.807) is 12.1 Å². The molecule has 1 aliphatic heterocycles. The predicted octanol–water partition coefficient (Wildman–Crippen LogP) is 0.248. The number of fused-ring (bicyclic) bond motifs is 1. The van der Waals surface area contributed by atoms with E-state index in [0.717, 1.165) is 11.6 Å². The summed E-state index contributed by atoms with van der Waals surface area (Å²) in [5, 5.41) is 11.0. The van der Waals surface area contributed by atoms with E-state index in [2.05, 4.69) is 0 Å². The number of hydrogen-bond donors (Lipinski definition) is 0. The average Bonchev–Trinajstić information content (AvgIpc) is 2.55. The molecule has 0 aliphatic carbocycles. The first-order chi connectivity index (χ1) is 11.8. The van der Waals surface area contributed by atoms with Gasteiger partial charge in [-0.1, -0.05) is 18.2 Å². The van der Waals surface area contributed by atoms with Gasteiger partial charge in [-0.2, -0.15) is 13.2 Å². The third kappa shape index (κ3) is 4.23. The molecule has 1 atom stereocenters. The van der Waals surface area contributed by atoms with Crippen LogP contribution in [-0.4, -0.2) is 18.2 Å². The van der Waals surface area contributed by atoms with Crippen molar-refractivity contribution >= 4 is 12.0 Å². The molecule has 1 unspecified atom stereocenters. The number of para-hydroxylation sites is 1. The molecule has 2 aromatic rings. The molecule has 0 radical (unpaired) electrons. The summed E-state index contributed by atoms with van der Waals surface area (Å²) in [6.45, 7) is 1.83. The molecule has 1 heterocycles. The van der Waals surface area contributed by atoms with Crippen LogP contribution in [0.25, 0.3) is 6.08 Å². The third-order valence-electron chi connectivity index (χ3n) is 3.68. The fourth-order valence-electron chi connectivity index (χ4n) is 2.44. The monoisotopic (exact) mass is 372 g/mol. The number of aliphatic carboxylic acids is 1. The fourth-order valence-corrected chi connectivity index (χ4v) is 2.44. The Balaban J connectivity index is 0.00000243. The van der Waals surface area contributed by atoms with Gasteiger partial charge in [0.2, 0.25) is 6.10 Å². The van der Waals surface area contributed by atoms with E-state index >= 15 is 0 Å². The van der Waals surface area contributed by atoms with E-state index in [1.165, 1.54) is 18.2 Å². The van der Waals surface area contributed by atoms with E-state index in [4.69, 9.17) is 9.47 Å². The Hall–Kier alpha value is -1.96. The maximum absolute atomic E-state index is 13.1. The number of aryl methyl sites for hydroxylation is 1. The minimum absolute atomic E-state index is 0. The van der Waals surface area contributed by atoms with E-state index < -0.39 is 23.8 Å². The number of carbonyl (C=O) groups is 1. The van der Waals surface area contributed by atoms with Crippen LogP contribution in [0, 0.1) is 6.92 Å². The predicted molar refractivity (Wildman–Crippen MR) is 81.2 cm³/mol. The third-order valence-corrected chi connectivity index (χ3v) is 3.68. The van der Waals surface area contributed by atoms with Crippen LogP contribution >= 0.6 is 0 Å². The summed E-state index contributed by atoms with van der Waals surface area (Å²) in [7, 11) is 0. The molecule has 4 nitrogen and oxygen atoms in total. The largest absolute Gasteiger partial charge is 1.00 e. The molecule has 1 aliphatic rings. The number of ether oxygens (including phenoxy) is 2. The van der Waals surface area contributed by atoms with Crippen molar-refractivity contribution in [2.45, 2.75) is 19.2 Å². The number of halogens is 3. The second-order valence-corrected chi connectivity index (χ2v) is 5.49. The van der Waals surface area contributed by atoms with Crippen molar-refractivity contribution in [1.29, 1.82) is 0 Å². The Morgan fingerprint density at radius 1 is 1.19 bits per heavy atom. The number of carbonyl (C=O) groups excluding carboxylic acids is 1. The molecule has 0 aromatic heterocycles. The fraction of sp³-hybridized carbons (Fsp3) is 0.167. The van der Waals surface area contributed by atoms with Crippen LogP contribution in [0.1, 0.15) is 11.1 Å². The van der Waals surface area contributed by atoms with E-state index in [0.29, 0.717) is 5.75 Å². The van der Waals surface area contributed by atoms with Crippen LogP contribution in [0.4, 0.5) is 13.2 Å². The summed E-state index contributed by atoms with van der Waals surface area (Å²) in [5.74, 6) is -1.21. The number of carboxylic acids is 1. The summed E-state index contributed by atoms with van der Waals surface area (Å²) in [6.07, 6.45) is -6.56. The summed E-state index contributed by atoms with van der Waals surface area (Å²) in [6, 6.07) is 11.4. The van der Waals surface area contributed by atoms with Gasteiger partial charge in [0.05, 0.1) is 5.97 Å². The zero-order valence-corrected chi connectivity index (χ0v) is 16.0. The van der Waals surface area contributed by atoms with E-state index in [1.807, 2.05) is 19.1 Å². The number of alkyl halides is 3. The van der Waals surface area contributed by atoms with Gasteiger partial charge in [-0.25, -0.2) is 0 Å². The molecule has 0 N–H and O–H groups in total. The summed E-state index contributed by atoms with van der Waals surface area (Å²) in [4.78, 5) is 11.0. The van der Waals surface area contributed by atoms with Crippen molar-refractivity contribution in [2.75, 3.05) is 0 Å². The summed E-state index contributed by atoms with van der Waals surface area (Å²) < 4.78 is 49.7. The average molecular weight is 372 g/mol. The van der Waals surface area contributed by atoms with E-state index in [-0.39, 0.29) is 46.6 Å². The molecule has 0 amide bonds. The first-order valence-electron chi connectivity index (χ1n) is 7.29. The topological polar surface area (TPSA) is 58.6 Å². The minimum Gasteiger partial charge on any atom is -0.545 e. The number of carboxylic acid groups (broad SMARTS) is 1. The van der Waals surface area contributed by atoms with Crippen LogP contribution < -0.4 is 44.1 Å². The number of benzene rings is 2. The molecular formula is C18H12F3NaO4. The van der Waals surface area contributed by atoms with Gasteiger partial charge in [-0.15, -0.1) is 0 Å². The Morgan fingerprint density at radius 2 is 1.88 bits per heavy atom. The van der Waals surface area contributed by atoms with Gasteiger partial charge in [-0.05, 0) is 36.8 Å². The normalized spacial score (nSPS) is 15.8. The second kappa shape index (κ2) is 7.73. The Morgan fingerprint density at radius 3 is 2.50 bits per heavy atom. The number of hydrogen-bond acceptors (Lipinski definition) is 4. The van der Waals surface area contributed by atoms with Gasteiger partial charge in [0, 0.05) is 17.2 Å². The Bertz CT molecular complexity index is 862. The second-order valence-electron chi connectivity index (χ2n) is 5.49. The molecule has 2 aromatic carbocycles.